The minimum absolute atomic E-state index is 0.169. The summed E-state index contributed by atoms with van der Waals surface area (Å²) in [5, 5.41) is 19.7. The summed E-state index contributed by atoms with van der Waals surface area (Å²) in [5.74, 6) is 0.307. The summed E-state index contributed by atoms with van der Waals surface area (Å²) in [7, 11) is 3.70. The second-order valence-corrected chi connectivity index (χ2v) is 7.47. The van der Waals surface area contributed by atoms with Crippen LogP contribution in [0.1, 0.15) is 23.0 Å². The molecule has 4 aromatic rings. The van der Waals surface area contributed by atoms with E-state index in [2.05, 4.69) is 37.2 Å². The van der Waals surface area contributed by atoms with Gasteiger partial charge in [-0.05, 0) is 24.6 Å². The van der Waals surface area contributed by atoms with E-state index in [9.17, 15) is 4.79 Å². The van der Waals surface area contributed by atoms with Crippen LogP contribution in [0.5, 0.6) is 0 Å². The van der Waals surface area contributed by atoms with E-state index >= 15 is 0 Å². The summed E-state index contributed by atoms with van der Waals surface area (Å²) in [6.07, 6.45) is 3.50. The Kier molecular flexibility index (Phi) is 4.28. The number of imidazole rings is 1. The molecule has 0 saturated heterocycles. The number of amides is 1. The molecule has 154 valence electrons. The van der Waals surface area contributed by atoms with Gasteiger partial charge in [-0.2, -0.15) is 5.10 Å². The minimum Gasteiger partial charge on any atom is -0.385 e. The molecular weight excluding hydrogens is 384 g/mol. The number of rotatable bonds is 1. The lowest BCUT2D eigenvalue weighted by Crippen LogP contribution is -2.36. The highest BCUT2D eigenvalue weighted by Gasteiger charge is 2.19. The van der Waals surface area contributed by atoms with Crippen molar-refractivity contribution in [1.82, 2.24) is 29.7 Å². The molecule has 10 nitrogen and oxygen atoms in total. The van der Waals surface area contributed by atoms with E-state index in [4.69, 9.17) is 4.74 Å². The third-order valence-electron chi connectivity index (χ3n) is 5.03. The molecule has 30 heavy (non-hydrogen) atoms. The van der Waals surface area contributed by atoms with Crippen LogP contribution in [0.3, 0.4) is 0 Å². The third kappa shape index (κ3) is 3.11. The number of benzene rings is 1. The van der Waals surface area contributed by atoms with E-state index in [0.29, 0.717) is 30.4 Å². The zero-order valence-corrected chi connectivity index (χ0v) is 16.9. The lowest BCUT2D eigenvalue weighted by Gasteiger charge is -2.16. The summed E-state index contributed by atoms with van der Waals surface area (Å²) in [6, 6.07) is 5.77. The lowest BCUT2D eigenvalue weighted by molar-refractivity contribution is 0.0815. The van der Waals surface area contributed by atoms with Gasteiger partial charge in [0.1, 0.15) is 5.52 Å². The van der Waals surface area contributed by atoms with Gasteiger partial charge in [0.2, 0.25) is 0 Å². The molecule has 5 rings (SSSR count). The summed E-state index contributed by atoms with van der Waals surface area (Å²) in [4.78, 5) is 17.2. The molecule has 0 spiro atoms. The van der Waals surface area contributed by atoms with Gasteiger partial charge in [0.25, 0.3) is 5.91 Å². The van der Waals surface area contributed by atoms with Gasteiger partial charge in [-0.25, -0.2) is 9.50 Å². The van der Waals surface area contributed by atoms with Gasteiger partial charge < -0.3 is 20.7 Å². The normalized spacial score (nSPS) is 17.0. The Morgan fingerprint density at radius 2 is 2.13 bits per heavy atom. The van der Waals surface area contributed by atoms with Crippen LogP contribution in [0, 0.1) is 0 Å². The van der Waals surface area contributed by atoms with Crippen LogP contribution in [0.15, 0.2) is 30.6 Å². The maximum atomic E-state index is 12.8. The molecule has 0 fully saturated rings. The molecule has 3 aromatic heterocycles. The van der Waals surface area contributed by atoms with Crippen LogP contribution >= 0.6 is 0 Å². The molecular formula is C20H22N8O2. The molecule has 4 bridgehead atoms. The Hall–Kier alpha value is -3.66. The SMILES string of the molecule is CNc1cc2nn3c(cnc13)C(=O)N[C@H](C)COCc1cc(c3nn(C)cc3c1)N2. The van der Waals surface area contributed by atoms with Crippen molar-refractivity contribution >= 4 is 39.6 Å². The number of carbonyl (C=O) groups is 1. The Bertz CT molecular complexity index is 1280. The molecule has 1 aromatic carbocycles. The maximum absolute atomic E-state index is 12.8. The minimum atomic E-state index is -0.256. The van der Waals surface area contributed by atoms with E-state index in [1.54, 1.807) is 9.20 Å². The quantitative estimate of drug-likeness (QED) is 0.444. The number of carbonyl (C=O) groups excluding carboxylic acids is 1. The predicted octanol–water partition coefficient (Wildman–Crippen LogP) is 2.05. The van der Waals surface area contributed by atoms with Gasteiger partial charge in [0.15, 0.2) is 17.2 Å². The second-order valence-electron chi connectivity index (χ2n) is 7.47. The first kappa shape index (κ1) is 18.4. The molecule has 0 radical (unpaired) electrons. The Balaban J connectivity index is 1.72. The molecule has 0 aliphatic carbocycles. The first-order valence-corrected chi connectivity index (χ1v) is 9.70. The van der Waals surface area contributed by atoms with Crippen LogP contribution in [-0.2, 0) is 18.4 Å². The highest BCUT2D eigenvalue weighted by atomic mass is 16.5. The fourth-order valence-electron chi connectivity index (χ4n) is 3.69. The average molecular weight is 406 g/mol. The van der Waals surface area contributed by atoms with Crippen LogP contribution < -0.4 is 16.0 Å². The van der Waals surface area contributed by atoms with Crippen molar-refractivity contribution in [3.05, 3.63) is 41.9 Å². The molecule has 4 heterocycles. The van der Waals surface area contributed by atoms with Crippen LogP contribution in [0.25, 0.3) is 16.6 Å². The first-order chi connectivity index (χ1) is 14.5. The summed E-state index contributed by atoms with van der Waals surface area (Å²) < 4.78 is 9.18. The summed E-state index contributed by atoms with van der Waals surface area (Å²) >= 11 is 0. The van der Waals surface area contributed by atoms with E-state index < -0.39 is 0 Å². The topological polar surface area (TPSA) is 110 Å². The monoisotopic (exact) mass is 406 g/mol. The van der Waals surface area contributed by atoms with Crippen molar-refractivity contribution in [1.29, 1.82) is 0 Å². The van der Waals surface area contributed by atoms with Gasteiger partial charge in [-0.15, -0.1) is 5.10 Å². The first-order valence-electron chi connectivity index (χ1n) is 9.70. The van der Waals surface area contributed by atoms with Gasteiger partial charge in [-0.1, -0.05) is 0 Å². The van der Waals surface area contributed by atoms with E-state index in [1.165, 1.54) is 6.20 Å². The molecule has 1 amide bonds. The van der Waals surface area contributed by atoms with E-state index in [1.807, 2.05) is 39.3 Å². The maximum Gasteiger partial charge on any atom is 0.271 e. The highest BCUT2D eigenvalue weighted by molar-refractivity contribution is 5.95. The molecule has 3 N–H and O–H groups in total. The highest BCUT2D eigenvalue weighted by Crippen LogP contribution is 2.29. The average Bonchev–Trinajstić information content (AvgIpc) is 3.29. The molecule has 1 aliphatic heterocycles. The summed E-state index contributed by atoms with van der Waals surface area (Å²) in [6.45, 7) is 2.71. The molecule has 10 heteroatoms. The number of nitrogens with one attached hydrogen (secondary N) is 3. The number of aryl methyl sites for hydroxylation is 1. The molecule has 0 saturated carbocycles. The van der Waals surface area contributed by atoms with Gasteiger partial charge >= 0.3 is 0 Å². The Morgan fingerprint density at radius 1 is 1.27 bits per heavy atom. The lowest BCUT2D eigenvalue weighted by atomic mass is 10.1. The number of nitrogens with zero attached hydrogens (tertiary/aromatic N) is 5. The molecule has 1 aliphatic rings. The number of fused-ring (bicyclic) bond motifs is 5. The Labute approximate surface area is 172 Å². The van der Waals surface area contributed by atoms with Gasteiger partial charge in [-0.3, -0.25) is 9.48 Å². The predicted molar refractivity (Wildman–Crippen MR) is 113 cm³/mol. The standard InChI is InChI=1S/C20H22N8O2/c1-11-9-30-10-12-4-13-8-27(3)26-18(13)14(5-12)24-17-6-15(21-2)19-22-7-16(20(29)23-11)28(19)25-17/h4-8,11,21H,9-10H2,1-3H3,(H,23,29)(H,24,25)/t11-/m1/s1. The fraction of sp³-hybridized carbons (Fsp3) is 0.300. The van der Waals surface area contributed by atoms with Crippen molar-refractivity contribution in [3.63, 3.8) is 0 Å². The van der Waals surface area contributed by atoms with Crippen molar-refractivity contribution in [3.8, 4) is 0 Å². The Morgan fingerprint density at radius 3 is 2.97 bits per heavy atom. The zero-order chi connectivity index (χ0) is 20.8. The number of anilines is 3. The van der Waals surface area contributed by atoms with Crippen molar-refractivity contribution in [2.45, 2.75) is 19.6 Å². The number of aromatic nitrogens is 5. The van der Waals surface area contributed by atoms with Crippen molar-refractivity contribution in [2.24, 2.45) is 7.05 Å². The van der Waals surface area contributed by atoms with Crippen molar-refractivity contribution < 1.29 is 9.53 Å². The van der Waals surface area contributed by atoms with Crippen LogP contribution in [-0.4, -0.2) is 50.0 Å². The number of hydrogen-bond acceptors (Lipinski definition) is 7. The van der Waals surface area contributed by atoms with Crippen LogP contribution in [0.2, 0.25) is 0 Å². The number of ether oxygens (including phenoxy) is 1. The van der Waals surface area contributed by atoms with Gasteiger partial charge in [0, 0.05) is 37.8 Å². The van der Waals surface area contributed by atoms with E-state index in [-0.39, 0.29) is 11.9 Å². The molecule has 0 unspecified atom stereocenters. The van der Waals surface area contributed by atoms with E-state index in [0.717, 1.165) is 27.8 Å². The zero-order valence-electron chi connectivity index (χ0n) is 16.9. The fourth-order valence-corrected chi connectivity index (χ4v) is 3.69. The van der Waals surface area contributed by atoms with Gasteiger partial charge in [0.05, 0.1) is 30.8 Å². The second kappa shape index (κ2) is 6.99. The summed E-state index contributed by atoms with van der Waals surface area (Å²) in [5.41, 5.74) is 4.33. The van der Waals surface area contributed by atoms with Crippen LogP contribution in [0.4, 0.5) is 17.2 Å². The number of hydrogen-bond donors (Lipinski definition) is 3. The largest absolute Gasteiger partial charge is 0.385 e. The van der Waals surface area contributed by atoms with Crippen molar-refractivity contribution in [2.75, 3.05) is 24.3 Å². The smallest absolute Gasteiger partial charge is 0.271 e. The third-order valence-corrected chi connectivity index (χ3v) is 5.03. The molecule has 1 atom stereocenters.